The van der Waals surface area contributed by atoms with Crippen LogP contribution in [0.15, 0.2) is 30.3 Å². The number of ether oxygens (including phenoxy) is 1. The highest BCUT2D eigenvalue weighted by atomic mass is 16.5. The molecule has 1 aliphatic heterocycles. The molecule has 6 rings (SSSR count). The van der Waals surface area contributed by atoms with Gasteiger partial charge in [-0.1, -0.05) is 30.3 Å². The van der Waals surface area contributed by atoms with Crippen molar-refractivity contribution < 1.29 is 19.4 Å². The Hall–Kier alpha value is -2.08. The fourth-order valence-corrected chi connectivity index (χ4v) is 7.14. The average molecular weight is 413 g/mol. The lowest BCUT2D eigenvalue weighted by molar-refractivity contribution is -0.156. The number of aliphatic hydroxyl groups is 1. The maximum atomic E-state index is 13.4. The number of methoxy groups -OCH3 is 1. The summed E-state index contributed by atoms with van der Waals surface area (Å²) in [6.45, 7) is 1.95. The number of hydrogen-bond donors (Lipinski definition) is 2. The fourth-order valence-electron chi connectivity index (χ4n) is 7.14. The Balaban J connectivity index is 1.32. The van der Waals surface area contributed by atoms with Crippen molar-refractivity contribution in [1.29, 1.82) is 0 Å². The summed E-state index contributed by atoms with van der Waals surface area (Å²) in [5, 5.41) is 13.3. The third kappa shape index (κ3) is 3.11. The molecule has 4 bridgehead atoms. The Bertz CT molecular complexity index is 775. The third-order valence-electron chi connectivity index (χ3n) is 8.56. The van der Waals surface area contributed by atoms with E-state index in [1.807, 2.05) is 11.0 Å². The molecule has 1 heterocycles. The molecule has 5 aliphatic rings. The van der Waals surface area contributed by atoms with Crippen molar-refractivity contribution in [3.8, 4) is 0 Å². The molecule has 4 saturated carbocycles. The Kier molecular flexibility index (Phi) is 5.00. The summed E-state index contributed by atoms with van der Waals surface area (Å²) in [6, 6.07) is 10.7. The van der Waals surface area contributed by atoms with Crippen LogP contribution in [0.2, 0.25) is 0 Å². The van der Waals surface area contributed by atoms with Gasteiger partial charge in [-0.15, -0.1) is 0 Å². The second-order valence-corrected chi connectivity index (χ2v) is 9.97. The van der Waals surface area contributed by atoms with Gasteiger partial charge in [-0.05, 0) is 54.9 Å². The first-order chi connectivity index (χ1) is 14.5. The standard InChI is InChI=1S/C24H32N2O4/c1-30-23(29)25-12-15-13-26(14-15)21(27)11-24(18-5-3-2-4-6-18)19-7-16-8-20(24)10-17(9-19)22(16)28/h2-6,15-17,19-20,22,28H,7-14H2,1H3,(H,25,29)/t16?,17?,19?,20?,22-,24-. The van der Waals surface area contributed by atoms with E-state index in [0.29, 0.717) is 55.6 Å². The van der Waals surface area contributed by atoms with E-state index in [-0.39, 0.29) is 17.4 Å². The monoisotopic (exact) mass is 412 g/mol. The Labute approximate surface area is 178 Å². The van der Waals surface area contributed by atoms with Crippen molar-refractivity contribution in [3.05, 3.63) is 35.9 Å². The minimum absolute atomic E-state index is 0.0964. The van der Waals surface area contributed by atoms with Crippen molar-refractivity contribution in [3.63, 3.8) is 0 Å². The number of aliphatic hydroxyl groups excluding tert-OH is 1. The first-order valence-electron chi connectivity index (χ1n) is 11.3. The van der Waals surface area contributed by atoms with E-state index >= 15 is 0 Å². The van der Waals surface area contributed by atoms with Crippen LogP contribution in [0.1, 0.15) is 37.7 Å². The van der Waals surface area contributed by atoms with Crippen molar-refractivity contribution in [1.82, 2.24) is 10.2 Å². The topological polar surface area (TPSA) is 78.9 Å². The van der Waals surface area contributed by atoms with E-state index in [2.05, 4.69) is 34.3 Å². The first kappa shape index (κ1) is 19.9. The van der Waals surface area contributed by atoms with E-state index in [4.69, 9.17) is 0 Å². The number of carbonyl (C=O) groups excluding carboxylic acids is 2. The number of nitrogens with zero attached hydrogens (tertiary/aromatic N) is 1. The molecule has 1 saturated heterocycles. The Morgan fingerprint density at radius 2 is 1.70 bits per heavy atom. The highest BCUT2D eigenvalue weighted by Crippen LogP contribution is 2.64. The van der Waals surface area contributed by atoms with Crippen LogP contribution in [0, 0.1) is 29.6 Å². The third-order valence-corrected chi connectivity index (χ3v) is 8.56. The second-order valence-electron chi connectivity index (χ2n) is 9.97. The molecule has 6 nitrogen and oxygen atoms in total. The van der Waals surface area contributed by atoms with E-state index in [1.165, 1.54) is 12.7 Å². The van der Waals surface area contributed by atoms with Gasteiger partial charge in [-0.2, -0.15) is 0 Å². The smallest absolute Gasteiger partial charge is 0.406 e. The molecule has 162 valence electrons. The second kappa shape index (κ2) is 7.56. The molecule has 0 spiro atoms. The SMILES string of the molecule is COC(=O)NCC1CN(C(=O)C[C@]2(c3ccccc3)C3CC4CC2CC(C3)[C@@H]4O)C1. The maximum Gasteiger partial charge on any atom is 0.406 e. The lowest BCUT2D eigenvalue weighted by Gasteiger charge is -2.63. The van der Waals surface area contributed by atoms with Crippen LogP contribution in [0.25, 0.3) is 0 Å². The zero-order chi connectivity index (χ0) is 20.9. The summed E-state index contributed by atoms with van der Waals surface area (Å²) in [5.74, 6) is 2.32. The Morgan fingerprint density at radius 1 is 1.10 bits per heavy atom. The highest BCUT2D eigenvalue weighted by Gasteiger charge is 2.61. The van der Waals surface area contributed by atoms with Gasteiger partial charge >= 0.3 is 6.09 Å². The van der Waals surface area contributed by atoms with Crippen LogP contribution >= 0.6 is 0 Å². The van der Waals surface area contributed by atoms with Crippen molar-refractivity contribution in [2.75, 3.05) is 26.7 Å². The first-order valence-corrected chi connectivity index (χ1v) is 11.3. The number of amides is 2. The van der Waals surface area contributed by atoms with E-state index in [9.17, 15) is 14.7 Å². The number of benzene rings is 1. The molecule has 2 N–H and O–H groups in total. The zero-order valence-electron chi connectivity index (χ0n) is 17.6. The van der Waals surface area contributed by atoms with Gasteiger partial charge in [-0.3, -0.25) is 4.79 Å². The minimum atomic E-state index is -0.418. The molecule has 6 heteroatoms. The average Bonchev–Trinajstić information content (AvgIpc) is 2.71. The Morgan fingerprint density at radius 3 is 2.27 bits per heavy atom. The van der Waals surface area contributed by atoms with Crippen LogP contribution in [-0.4, -0.2) is 54.9 Å². The van der Waals surface area contributed by atoms with Gasteiger partial charge in [0.25, 0.3) is 0 Å². The largest absolute Gasteiger partial charge is 0.453 e. The number of rotatable bonds is 5. The van der Waals surface area contributed by atoms with Crippen LogP contribution in [0.3, 0.4) is 0 Å². The molecule has 4 aliphatic carbocycles. The molecule has 0 radical (unpaired) electrons. The maximum absolute atomic E-state index is 13.4. The van der Waals surface area contributed by atoms with Crippen LogP contribution in [0.4, 0.5) is 4.79 Å². The molecule has 5 fully saturated rings. The lowest BCUT2D eigenvalue weighted by Crippen LogP contribution is -2.62. The van der Waals surface area contributed by atoms with Gasteiger partial charge in [-0.25, -0.2) is 4.79 Å². The molecule has 2 amide bonds. The van der Waals surface area contributed by atoms with Crippen molar-refractivity contribution >= 4 is 12.0 Å². The van der Waals surface area contributed by atoms with Crippen molar-refractivity contribution in [2.24, 2.45) is 29.6 Å². The summed E-state index contributed by atoms with van der Waals surface area (Å²) < 4.78 is 4.62. The predicted octanol–water partition coefficient (Wildman–Crippen LogP) is 2.56. The van der Waals surface area contributed by atoms with Gasteiger partial charge in [0.1, 0.15) is 0 Å². The molecular weight excluding hydrogens is 380 g/mol. The summed E-state index contributed by atoms with van der Waals surface area (Å²) in [7, 11) is 1.36. The van der Waals surface area contributed by atoms with E-state index < -0.39 is 6.09 Å². The quantitative estimate of drug-likeness (QED) is 0.779. The number of nitrogens with one attached hydrogen (secondary N) is 1. The number of likely N-dealkylation sites (tertiary alicyclic amines) is 1. The highest BCUT2D eigenvalue weighted by molar-refractivity contribution is 5.79. The van der Waals surface area contributed by atoms with E-state index in [1.54, 1.807) is 0 Å². The summed E-state index contributed by atoms with van der Waals surface area (Å²) in [5.41, 5.74) is 1.21. The molecule has 1 aromatic carbocycles. The normalized spacial score (nSPS) is 37.0. The number of hydrogen-bond acceptors (Lipinski definition) is 4. The molecule has 0 atom stereocenters. The predicted molar refractivity (Wildman–Crippen MR) is 112 cm³/mol. The van der Waals surface area contributed by atoms with Gasteiger partial charge in [0, 0.05) is 37.4 Å². The van der Waals surface area contributed by atoms with Crippen LogP contribution < -0.4 is 5.32 Å². The number of alkyl carbamates (subject to hydrolysis) is 1. The molecular formula is C24H32N2O4. The molecule has 30 heavy (non-hydrogen) atoms. The molecule has 1 aromatic rings. The minimum Gasteiger partial charge on any atom is -0.453 e. The summed E-state index contributed by atoms with van der Waals surface area (Å²) >= 11 is 0. The zero-order valence-corrected chi connectivity index (χ0v) is 17.6. The summed E-state index contributed by atoms with van der Waals surface area (Å²) in [6.07, 6.45) is 4.19. The molecule has 0 unspecified atom stereocenters. The van der Waals surface area contributed by atoms with Crippen LogP contribution in [0.5, 0.6) is 0 Å². The van der Waals surface area contributed by atoms with Gasteiger partial charge in [0.05, 0.1) is 13.2 Å². The fraction of sp³-hybridized carbons (Fsp3) is 0.667. The van der Waals surface area contributed by atoms with Gasteiger partial charge in [0.15, 0.2) is 0 Å². The van der Waals surface area contributed by atoms with E-state index in [0.717, 1.165) is 25.7 Å². The van der Waals surface area contributed by atoms with Crippen molar-refractivity contribution in [2.45, 2.75) is 43.6 Å². The summed E-state index contributed by atoms with van der Waals surface area (Å²) in [4.78, 5) is 26.6. The van der Waals surface area contributed by atoms with Crippen LogP contribution in [-0.2, 0) is 14.9 Å². The van der Waals surface area contributed by atoms with Gasteiger partial charge in [0.2, 0.25) is 5.91 Å². The molecule has 0 aromatic heterocycles. The number of carbonyl (C=O) groups is 2. The lowest BCUT2D eigenvalue weighted by atomic mass is 9.42. The van der Waals surface area contributed by atoms with Gasteiger partial charge < -0.3 is 20.1 Å².